The zero-order chi connectivity index (χ0) is 16.4. The van der Waals surface area contributed by atoms with Gasteiger partial charge in [0.25, 0.3) is 0 Å². The van der Waals surface area contributed by atoms with Crippen molar-refractivity contribution in [3.63, 3.8) is 0 Å². The standard InChI is InChI=1S/C18H25N5/c1-12-10-17(12)21-18(19-4)20-11-16-13(2)22-23(14(16)3)15-8-6-5-7-9-15/h5-9,12,17H,10-11H2,1-4H3,(H2,19,20,21). The van der Waals surface area contributed by atoms with Crippen LogP contribution in [0.25, 0.3) is 5.69 Å². The van der Waals surface area contributed by atoms with Gasteiger partial charge in [0, 0.05) is 30.9 Å². The zero-order valence-electron chi connectivity index (χ0n) is 14.3. The summed E-state index contributed by atoms with van der Waals surface area (Å²) in [5, 5.41) is 11.5. The molecule has 2 atom stereocenters. The molecule has 5 heteroatoms. The first kappa shape index (κ1) is 15.6. The molecule has 1 saturated carbocycles. The largest absolute Gasteiger partial charge is 0.353 e. The lowest BCUT2D eigenvalue weighted by atomic mass is 10.2. The van der Waals surface area contributed by atoms with E-state index in [9.17, 15) is 0 Å². The van der Waals surface area contributed by atoms with Crippen molar-refractivity contribution in [3.05, 3.63) is 47.3 Å². The fourth-order valence-electron chi connectivity index (χ4n) is 2.82. The zero-order valence-corrected chi connectivity index (χ0v) is 14.3. The Balaban J connectivity index is 1.72. The van der Waals surface area contributed by atoms with E-state index in [1.807, 2.05) is 29.9 Å². The number of aryl methyl sites for hydroxylation is 1. The van der Waals surface area contributed by atoms with Gasteiger partial charge in [-0.25, -0.2) is 4.68 Å². The normalized spacial score (nSPS) is 20.4. The first-order valence-corrected chi connectivity index (χ1v) is 8.18. The molecule has 1 fully saturated rings. The van der Waals surface area contributed by atoms with Crippen molar-refractivity contribution in [1.82, 2.24) is 20.4 Å². The molecule has 23 heavy (non-hydrogen) atoms. The number of guanidine groups is 1. The van der Waals surface area contributed by atoms with Gasteiger partial charge in [-0.3, -0.25) is 4.99 Å². The van der Waals surface area contributed by atoms with Crippen molar-refractivity contribution >= 4 is 5.96 Å². The average Bonchev–Trinajstić information content (AvgIpc) is 3.18. The minimum atomic E-state index is 0.565. The smallest absolute Gasteiger partial charge is 0.191 e. The molecule has 1 aromatic heterocycles. The number of hydrogen-bond acceptors (Lipinski definition) is 2. The summed E-state index contributed by atoms with van der Waals surface area (Å²) in [6.07, 6.45) is 1.23. The molecule has 0 radical (unpaired) electrons. The summed E-state index contributed by atoms with van der Waals surface area (Å²) in [6, 6.07) is 10.8. The van der Waals surface area contributed by atoms with Crippen LogP contribution in [0.2, 0.25) is 0 Å². The molecule has 5 nitrogen and oxygen atoms in total. The highest BCUT2D eigenvalue weighted by Crippen LogP contribution is 2.28. The molecule has 2 N–H and O–H groups in total. The van der Waals surface area contributed by atoms with E-state index in [-0.39, 0.29) is 0 Å². The third kappa shape index (κ3) is 3.38. The molecule has 1 heterocycles. The quantitative estimate of drug-likeness (QED) is 0.674. The Morgan fingerprint density at radius 3 is 2.61 bits per heavy atom. The topological polar surface area (TPSA) is 54.2 Å². The van der Waals surface area contributed by atoms with E-state index in [0.29, 0.717) is 6.04 Å². The average molecular weight is 311 g/mol. The lowest BCUT2D eigenvalue weighted by Crippen LogP contribution is -2.38. The Kier molecular flexibility index (Phi) is 4.37. The van der Waals surface area contributed by atoms with Gasteiger partial charge in [0.1, 0.15) is 0 Å². The van der Waals surface area contributed by atoms with E-state index < -0.39 is 0 Å². The SMILES string of the molecule is CN=C(NCc1c(C)nn(-c2ccccc2)c1C)NC1CC1C. The van der Waals surface area contributed by atoms with E-state index in [4.69, 9.17) is 0 Å². The Morgan fingerprint density at radius 1 is 1.30 bits per heavy atom. The van der Waals surface area contributed by atoms with Crippen LogP contribution in [-0.4, -0.2) is 28.8 Å². The molecule has 2 unspecified atom stereocenters. The third-order valence-electron chi connectivity index (χ3n) is 4.53. The fraction of sp³-hybridized carbons (Fsp3) is 0.444. The molecule has 2 aromatic rings. The molecule has 122 valence electrons. The lowest BCUT2D eigenvalue weighted by molar-refractivity contribution is 0.760. The summed E-state index contributed by atoms with van der Waals surface area (Å²) in [7, 11) is 1.81. The Labute approximate surface area is 137 Å². The molecule has 0 saturated heterocycles. The predicted octanol–water partition coefficient (Wildman–Crippen LogP) is 2.56. The fourth-order valence-corrected chi connectivity index (χ4v) is 2.82. The molecule has 0 bridgehead atoms. The van der Waals surface area contributed by atoms with E-state index in [1.165, 1.54) is 12.0 Å². The summed E-state index contributed by atoms with van der Waals surface area (Å²) in [4.78, 5) is 4.31. The van der Waals surface area contributed by atoms with Gasteiger partial charge in [0.15, 0.2) is 5.96 Å². The second-order valence-electron chi connectivity index (χ2n) is 6.29. The van der Waals surface area contributed by atoms with E-state index in [1.54, 1.807) is 0 Å². The summed E-state index contributed by atoms with van der Waals surface area (Å²) in [5.74, 6) is 1.61. The summed E-state index contributed by atoms with van der Waals surface area (Å²) < 4.78 is 2.01. The molecular formula is C18H25N5. The molecule has 0 aliphatic heterocycles. The van der Waals surface area contributed by atoms with Crippen LogP contribution in [0.3, 0.4) is 0 Å². The van der Waals surface area contributed by atoms with Crippen LogP contribution in [0.4, 0.5) is 0 Å². The summed E-state index contributed by atoms with van der Waals surface area (Å²) >= 11 is 0. The third-order valence-corrected chi connectivity index (χ3v) is 4.53. The van der Waals surface area contributed by atoms with Crippen molar-refractivity contribution in [2.75, 3.05) is 7.05 Å². The Hall–Kier alpha value is -2.30. The van der Waals surface area contributed by atoms with Crippen LogP contribution in [0.5, 0.6) is 0 Å². The Bertz CT molecular complexity index is 702. The number of nitrogens with zero attached hydrogens (tertiary/aromatic N) is 3. The minimum Gasteiger partial charge on any atom is -0.353 e. The maximum absolute atomic E-state index is 4.69. The first-order valence-electron chi connectivity index (χ1n) is 8.18. The van der Waals surface area contributed by atoms with Gasteiger partial charge in [-0.1, -0.05) is 25.1 Å². The van der Waals surface area contributed by atoms with E-state index >= 15 is 0 Å². The van der Waals surface area contributed by atoms with Gasteiger partial charge >= 0.3 is 0 Å². The molecule has 1 aromatic carbocycles. The number of hydrogen-bond donors (Lipinski definition) is 2. The Morgan fingerprint density at radius 2 is 2.00 bits per heavy atom. The van der Waals surface area contributed by atoms with Crippen LogP contribution in [0.15, 0.2) is 35.3 Å². The van der Waals surface area contributed by atoms with Crippen LogP contribution in [0, 0.1) is 19.8 Å². The van der Waals surface area contributed by atoms with Gasteiger partial charge in [0.05, 0.1) is 11.4 Å². The number of rotatable bonds is 4. The maximum Gasteiger partial charge on any atom is 0.191 e. The van der Waals surface area contributed by atoms with Crippen LogP contribution >= 0.6 is 0 Å². The van der Waals surface area contributed by atoms with Gasteiger partial charge in [-0.05, 0) is 38.3 Å². The number of benzene rings is 1. The van der Waals surface area contributed by atoms with Crippen molar-refractivity contribution < 1.29 is 0 Å². The highest BCUT2D eigenvalue weighted by molar-refractivity contribution is 5.80. The summed E-state index contributed by atoms with van der Waals surface area (Å²) in [6.45, 7) is 7.15. The second kappa shape index (κ2) is 6.44. The lowest BCUT2D eigenvalue weighted by Gasteiger charge is -2.12. The summed E-state index contributed by atoms with van der Waals surface area (Å²) in [5.41, 5.74) is 4.53. The molecule has 3 rings (SSSR count). The molecule has 0 amide bonds. The molecule has 1 aliphatic carbocycles. The van der Waals surface area contributed by atoms with Gasteiger partial charge in [0.2, 0.25) is 0 Å². The van der Waals surface area contributed by atoms with Crippen LogP contribution in [0.1, 0.15) is 30.3 Å². The van der Waals surface area contributed by atoms with Gasteiger partial charge in [-0.2, -0.15) is 5.10 Å². The van der Waals surface area contributed by atoms with Crippen LogP contribution < -0.4 is 10.6 Å². The van der Waals surface area contributed by atoms with Crippen molar-refractivity contribution in [2.24, 2.45) is 10.9 Å². The number of nitrogens with one attached hydrogen (secondary N) is 2. The predicted molar refractivity (Wildman–Crippen MR) is 93.9 cm³/mol. The number of aromatic nitrogens is 2. The molecule has 1 aliphatic rings. The van der Waals surface area contributed by atoms with Crippen molar-refractivity contribution in [1.29, 1.82) is 0 Å². The van der Waals surface area contributed by atoms with E-state index in [0.717, 1.165) is 35.5 Å². The molecule has 0 spiro atoms. The number of aliphatic imine (C=N–C) groups is 1. The van der Waals surface area contributed by atoms with E-state index in [2.05, 4.69) is 53.6 Å². The highest BCUT2D eigenvalue weighted by atomic mass is 15.3. The minimum absolute atomic E-state index is 0.565. The first-order chi connectivity index (χ1) is 11.1. The van der Waals surface area contributed by atoms with Crippen molar-refractivity contribution in [2.45, 2.75) is 39.8 Å². The van der Waals surface area contributed by atoms with Crippen molar-refractivity contribution in [3.8, 4) is 5.69 Å². The van der Waals surface area contributed by atoms with Gasteiger partial charge in [-0.15, -0.1) is 0 Å². The maximum atomic E-state index is 4.69. The number of para-hydroxylation sites is 1. The second-order valence-corrected chi connectivity index (χ2v) is 6.29. The monoisotopic (exact) mass is 311 g/mol. The molecular weight excluding hydrogens is 286 g/mol. The van der Waals surface area contributed by atoms with Gasteiger partial charge < -0.3 is 10.6 Å². The van der Waals surface area contributed by atoms with Crippen LogP contribution in [-0.2, 0) is 6.54 Å². The highest BCUT2D eigenvalue weighted by Gasteiger charge is 2.33.